The highest BCUT2D eigenvalue weighted by Crippen LogP contribution is 2.04. The number of ether oxygens (including phenoxy) is 1. The van der Waals surface area contributed by atoms with Crippen LogP contribution in [0.15, 0.2) is 24.3 Å². The predicted molar refractivity (Wildman–Crippen MR) is 42.7 cm³/mol. The number of carbonyl (C=O) groups excluding carboxylic acids is 2. The minimum absolute atomic E-state index is 0.00755. The second-order valence-corrected chi connectivity index (χ2v) is 2.33. The molecule has 0 saturated heterocycles. The number of rotatable bonds is 2. The Bertz CT molecular complexity index is 346. The zero-order valence-electron chi connectivity index (χ0n) is 6.91. The van der Waals surface area contributed by atoms with Crippen molar-refractivity contribution in [1.29, 1.82) is 0 Å². The summed E-state index contributed by atoms with van der Waals surface area (Å²) in [6.45, 7) is 0. The normalized spacial score (nSPS) is 9.38. The zero-order chi connectivity index (χ0) is 9.84. The lowest BCUT2D eigenvalue weighted by atomic mass is 10.1. The lowest BCUT2D eigenvalue weighted by Gasteiger charge is -1.97. The smallest absolute Gasteiger partial charge is 0.379 e. The van der Waals surface area contributed by atoms with Gasteiger partial charge in [-0.1, -0.05) is 12.1 Å². The van der Waals surface area contributed by atoms with E-state index < -0.39 is 17.6 Å². The molecule has 0 aliphatic rings. The molecule has 0 N–H and O–H groups in total. The first-order valence-corrected chi connectivity index (χ1v) is 3.53. The Hall–Kier alpha value is -1.71. The Labute approximate surface area is 74.1 Å². The van der Waals surface area contributed by atoms with Crippen LogP contribution in [0.2, 0.25) is 0 Å². The van der Waals surface area contributed by atoms with Crippen LogP contribution in [-0.2, 0) is 9.53 Å². The van der Waals surface area contributed by atoms with Gasteiger partial charge in [0.25, 0.3) is 5.78 Å². The van der Waals surface area contributed by atoms with Crippen molar-refractivity contribution in [2.75, 3.05) is 7.11 Å². The van der Waals surface area contributed by atoms with Crippen LogP contribution in [0.4, 0.5) is 4.39 Å². The van der Waals surface area contributed by atoms with Gasteiger partial charge >= 0.3 is 5.97 Å². The van der Waals surface area contributed by atoms with Crippen molar-refractivity contribution in [3.63, 3.8) is 0 Å². The molecule has 0 bridgehead atoms. The summed E-state index contributed by atoms with van der Waals surface area (Å²) in [7, 11) is 1.10. The number of hydrogen-bond acceptors (Lipinski definition) is 3. The second kappa shape index (κ2) is 3.80. The molecule has 1 aromatic carbocycles. The molecule has 13 heavy (non-hydrogen) atoms. The van der Waals surface area contributed by atoms with Crippen LogP contribution < -0.4 is 0 Å². The van der Waals surface area contributed by atoms with Gasteiger partial charge < -0.3 is 4.74 Å². The number of carbonyl (C=O) groups is 2. The molecule has 0 unspecified atom stereocenters. The molecule has 0 amide bonds. The SMILES string of the molecule is COC(=O)C(=O)c1cccc(F)c1. The van der Waals surface area contributed by atoms with Crippen LogP contribution >= 0.6 is 0 Å². The first-order valence-electron chi connectivity index (χ1n) is 3.53. The lowest BCUT2D eigenvalue weighted by Crippen LogP contribution is -2.15. The number of esters is 1. The van der Waals surface area contributed by atoms with Crippen molar-refractivity contribution >= 4 is 11.8 Å². The van der Waals surface area contributed by atoms with E-state index in [2.05, 4.69) is 4.74 Å². The molecular formula is C9H7FO3. The summed E-state index contributed by atoms with van der Waals surface area (Å²) in [6.07, 6.45) is 0. The van der Waals surface area contributed by atoms with E-state index in [0.29, 0.717) is 0 Å². The van der Waals surface area contributed by atoms with Crippen molar-refractivity contribution in [3.8, 4) is 0 Å². The average Bonchev–Trinajstić information content (AvgIpc) is 2.15. The second-order valence-electron chi connectivity index (χ2n) is 2.33. The van der Waals surface area contributed by atoms with E-state index in [1.165, 1.54) is 18.2 Å². The number of ketones is 1. The summed E-state index contributed by atoms with van der Waals surface area (Å²) in [6, 6.07) is 4.88. The predicted octanol–water partition coefficient (Wildman–Crippen LogP) is 1.18. The van der Waals surface area contributed by atoms with Gasteiger partial charge in [0.1, 0.15) is 5.82 Å². The molecule has 0 heterocycles. The highest BCUT2D eigenvalue weighted by molar-refractivity contribution is 6.40. The standard InChI is InChI=1S/C9H7FO3/c1-13-9(12)8(11)6-3-2-4-7(10)5-6/h2-5H,1H3. The van der Waals surface area contributed by atoms with Gasteiger partial charge in [0, 0.05) is 5.56 Å². The summed E-state index contributed by atoms with van der Waals surface area (Å²) in [5, 5.41) is 0. The number of benzene rings is 1. The molecule has 68 valence electrons. The molecule has 0 spiro atoms. The van der Waals surface area contributed by atoms with Gasteiger partial charge in [-0.2, -0.15) is 0 Å². The van der Waals surface area contributed by atoms with Crippen molar-refractivity contribution in [1.82, 2.24) is 0 Å². The van der Waals surface area contributed by atoms with E-state index in [-0.39, 0.29) is 5.56 Å². The van der Waals surface area contributed by atoms with Crippen molar-refractivity contribution in [3.05, 3.63) is 35.6 Å². The van der Waals surface area contributed by atoms with Crippen molar-refractivity contribution < 1.29 is 18.7 Å². The maximum atomic E-state index is 12.6. The quantitative estimate of drug-likeness (QED) is 0.392. The zero-order valence-corrected chi connectivity index (χ0v) is 6.91. The molecule has 0 radical (unpaired) electrons. The third-order valence-corrected chi connectivity index (χ3v) is 1.46. The van der Waals surface area contributed by atoms with Crippen molar-refractivity contribution in [2.24, 2.45) is 0 Å². The van der Waals surface area contributed by atoms with Crippen LogP contribution in [-0.4, -0.2) is 18.9 Å². The van der Waals surface area contributed by atoms with Gasteiger partial charge in [0.2, 0.25) is 0 Å². The fourth-order valence-electron chi connectivity index (χ4n) is 0.840. The largest absolute Gasteiger partial charge is 0.463 e. The molecule has 0 aromatic heterocycles. The average molecular weight is 182 g/mol. The molecule has 3 nitrogen and oxygen atoms in total. The van der Waals surface area contributed by atoms with Crippen LogP contribution in [0.3, 0.4) is 0 Å². The van der Waals surface area contributed by atoms with Crippen LogP contribution in [0.5, 0.6) is 0 Å². The number of methoxy groups -OCH3 is 1. The van der Waals surface area contributed by atoms with Gasteiger partial charge in [-0.05, 0) is 12.1 Å². The maximum Gasteiger partial charge on any atom is 0.379 e. The van der Waals surface area contributed by atoms with E-state index in [1.54, 1.807) is 0 Å². The lowest BCUT2D eigenvalue weighted by molar-refractivity contribution is -0.135. The van der Waals surface area contributed by atoms with Gasteiger partial charge in [-0.3, -0.25) is 4.79 Å². The number of halogens is 1. The molecule has 1 rings (SSSR count). The van der Waals surface area contributed by atoms with Gasteiger partial charge in [0.05, 0.1) is 7.11 Å². The van der Waals surface area contributed by atoms with E-state index in [1.807, 2.05) is 0 Å². The fourth-order valence-corrected chi connectivity index (χ4v) is 0.840. The number of hydrogen-bond donors (Lipinski definition) is 0. The minimum Gasteiger partial charge on any atom is -0.463 e. The van der Waals surface area contributed by atoms with Crippen molar-refractivity contribution in [2.45, 2.75) is 0 Å². The van der Waals surface area contributed by atoms with E-state index in [9.17, 15) is 14.0 Å². The highest BCUT2D eigenvalue weighted by atomic mass is 19.1. The van der Waals surface area contributed by atoms with Crippen LogP contribution in [0.25, 0.3) is 0 Å². The monoisotopic (exact) mass is 182 g/mol. The van der Waals surface area contributed by atoms with Crippen LogP contribution in [0.1, 0.15) is 10.4 Å². The van der Waals surface area contributed by atoms with E-state index >= 15 is 0 Å². The third kappa shape index (κ3) is 2.11. The third-order valence-electron chi connectivity index (χ3n) is 1.46. The summed E-state index contributed by atoms with van der Waals surface area (Å²) in [5.41, 5.74) is -0.00755. The van der Waals surface area contributed by atoms with Gasteiger partial charge in [-0.15, -0.1) is 0 Å². The Morgan fingerprint density at radius 2 is 2.08 bits per heavy atom. The number of Topliss-reactive ketones (excluding diaryl/α,β-unsaturated/α-hetero) is 1. The summed E-state index contributed by atoms with van der Waals surface area (Å²) < 4.78 is 16.8. The highest BCUT2D eigenvalue weighted by Gasteiger charge is 2.16. The molecular weight excluding hydrogens is 175 g/mol. The van der Waals surface area contributed by atoms with Crippen LogP contribution in [0, 0.1) is 5.82 Å². The summed E-state index contributed by atoms with van der Waals surface area (Å²) >= 11 is 0. The topological polar surface area (TPSA) is 43.4 Å². The molecule has 0 fully saturated rings. The summed E-state index contributed by atoms with van der Waals surface area (Å²) in [5.74, 6) is -2.40. The molecule has 0 aliphatic heterocycles. The minimum atomic E-state index is -0.995. The van der Waals surface area contributed by atoms with Gasteiger partial charge in [0.15, 0.2) is 0 Å². The Kier molecular flexibility index (Phi) is 2.74. The molecule has 0 saturated carbocycles. The van der Waals surface area contributed by atoms with E-state index in [0.717, 1.165) is 13.2 Å². The summed E-state index contributed by atoms with van der Waals surface area (Å²) in [4.78, 5) is 21.8. The Morgan fingerprint density at radius 3 is 2.62 bits per heavy atom. The Balaban J connectivity index is 2.95. The molecule has 4 heteroatoms. The first-order chi connectivity index (χ1) is 6.15. The van der Waals surface area contributed by atoms with Gasteiger partial charge in [-0.25, -0.2) is 9.18 Å². The molecule has 0 aliphatic carbocycles. The van der Waals surface area contributed by atoms with E-state index in [4.69, 9.17) is 0 Å². The maximum absolute atomic E-state index is 12.6. The molecule has 1 aromatic rings. The molecule has 0 atom stereocenters. The first kappa shape index (κ1) is 9.38. The Morgan fingerprint density at radius 1 is 1.38 bits per heavy atom. The fraction of sp³-hybridized carbons (Fsp3) is 0.111.